The Labute approximate surface area is 130 Å². The van der Waals surface area contributed by atoms with E-state index in [1.165, 1.54) is 23.3 Å². The molecular formula is C18H21FN2O. The van der Waals surface area contributed by atoms with Gasteiger partial charge in [0.05, 0.1) is 7.11 Å². The fourth-order valence-electron chi connectivity index (χ4n) is 3.27. The van der Waals surface area contributed by atoms with Gasteiger partial charge in [0.15, 0.2) is 0 Å². The van der Waals surface area contributed by atoms with Crippen molar-refractivity contribution < 1.29 is 9.13 Å². The van der Waals surface area contributed by atoms with E-state index in [4.69, 9.17) is 10.5 Å². The Bertz CT molecular complexity index is 674. The number of hydrogen-bond donors (Lipinski definition) is 2. The summed E-state index contributed by atoms with van der Waals surface area (Å²) in [5.41, 5.74) is 9.45. The summed E-state index contributed by atoms with van der Waals surface area (Å²) in [5, 5.41) is 3.56. The molecule has 0 saturated heterocycles. The summed E-state index contributed by atoms with van der Waals surface area (Å²) in [6, 6.07) is 13.0. The van der Waals surface area contributed by atoms with Crippen molar-refractivity contribution in [2.75, 3.05) is 7.11 Å². The highest BCUT2D eigenvalue weighted by Gasteiger charge is 2.29. The molecule has 2 aromatic rings. The standard InChI is InChI=1S/C18H21FN2O/c1-11(15-9-12(19)7-8-18(15)22-2)21-17-10-16(20)13-5-3-4-6-14(13)17/h3-9,11,16-17,21H,10,20H2,1-2H3. The van der Waals surface area contributed by atoms with Crippen LogP contribution in [-0.2, 0) is 0 Å². The van der Waals surface area contributed by atoms with E-state index < -0.39 is 0 Å². The Morgan fingerprint density at radius 2 is 1.95 bits per heavy atom. The van der Waals surface area contributed by atoms with Gasteiger partial charge in [-0.1, -0.05) is 24.3 Å². The zero-order chi connectivity index (χ0) is 15.7. The SMILES string of the molecule is COc1ccc(F)cc1C(C)NC1CC(N)c2ccccc21. The maximum absolute atomic E-state index is 13.6. The Hall–Kier alpha value is -1.91. The molecule has 116 valence electrons. The molecule has 3 unspecified atom stereocenters. The first-order valence-corrected chi connectivity index (χ1v) is 7.54. The van der Waals surface area contributed by atoms with Crippen molar-refractivity contribution >= 4 is 0 Å². The molecule has 2 aromatic carbocycles. The monoisotopic (exact) mass is 300 g/mol. The van der Waals surface area contributed by atoms with Crippen LogP contribution in [-0.4, -0.2) is 7.11 Å². The van der Waals surface area contributed by atoms with E-state index in [-0.39, 0.29) is 23.9 Å². The molecule has 0 heterocycles. The van der Waals surface area contributed by atoms with Crippen molar-refractivity contribution in [3.63, 3.8) is 0 Å². The summed E-state index contributed by atoms with van der Waals surface area (Å²) in [5.74, 6) is 0.435. The number of fused-ring (bicyclic) bond motifs is 1. The van der Waals surface area contributed by atoms with Crippen molar-refractivity contribution in [2.24, 2.45) is 5.73 Å². The average molecular weight is 300 g/mol. The molecule has 0 amide bonds. The van der Waals surface area contributed by atoms with Crippen LogP contribution in [0.15, 0.2) is 42.5 Å². The maximum atomic E-state index is 13.6. The van der Waals surface area contributed by atoms with Gasteiger partial charge in [-0.15, -0.1) is 0 Å². The molecule has 0 aromatic heterocycles. The van der Waals surface area contributed by atoms with E-state index in [1.54, 1.807) is 13.2 Å². The number of rotatable bonds is 4. The highest BCUT2D eigenvalue weighted by Crippen LogP contribution is 2.39. The van der Waals surface area contributed by atoms with Crippen LogP contribution in [0.4, 0.5) is 4.39 Å². The quantitative estimate of drug-likeness (QED) is 0.906. The van der Waals surface area contributed by atoms with Gasteiger partial charge in [-0.2, -0.15) is 0 Å². The molecule has 0 fully saturated rings. The highest BCUT2D eigenvalue weighted by molar-refractivity contribution is 5.39. The molecule has 3 atom stereocenters. The summed E-state index contributed by atoms with van der Waals surface area (Å²) in [6.45, 7) is 2.02. The van der Waals surface area contributed by atoms with Crippen LogP contribution in [0.3, 0.4) is 0 Å². The van der Waals surface area contributed by atoms with E-state index in [1.807, 2.05) is 19.1 Å². The molecule has 3 rings (SSSR count). The van der Waals surface area contributed by atoms with Crippen LogP contribution >= 0.6 is 0 Å². The molecule has 0 spiro atoms. The van der Waals surface area contributed by atoms with Crippen LogP contribution in [0.25, 0.3) is 0 Å². The fraction of sp³-hybridized carbons (Fsp3) is 0.333. The molecule has 4 heteroatoms. The van der Waals surface area contributed by atoms with Crippen molar-refractivity contribution in [3.05, 3.63) is 65.0 Å². The summed E-state index contributed by atoms with van der Waals surface area (Å²) in [7, 11) is 1.60. The van der Waals surface area contributed by atoms with Crippen LogP contribution in [0.5, 0.6) is 5.75 Å². The summed E-state index contributed by atoms with van der Waals surface area (Å²) >= 11 is 0. The molecular weight excluding hydrogens is 279 g/mol. The molecule has 3 nitrogen and oxygen atoms in total. The third-order valence-corrected chi connectivity index (χ3v) is 4.37. The van der Waals surface area contributed by atoms with Gasteiger partial charge >= 0.3 is 0 Å². The largest absolute Gasteiger partial charge is 0.496 e. The fourth-order valence-corrected chi connectivity index (χ4v) is 3.27. The van der Waals surface area contributed by atoms with Gasteiger partial charge in [0.2, 0.25) is 0 Å². The second-order valence-corrected chi connectivity index (χ2v) is 5.80. The van der Waals surface area contributed by atoms with E-state index in [9.17, 15) is 4.39 Å². The third kappa shape index (κ3) is 2.72. The van der Waals surface area contributed by atoms with Gasteiger partial charge in [0.25, 0.3) is 0 Å². The number of hydrogen-bond acceptors (Lipinski definition) is 3. The minimum Gasteiger partial charge on any atom is -0.496 e. The van der Waals surface area contributed by atoms with Gasteiger partial charge in [-0.25, -0.2) is 4.39 Å². The zero-order valence-corrected chi connectivity index (χ0v) is 12.8. The highest BCUT2D eigenvalue weighted by atomic mass is 19.1. The van der Waals surface area contributed by atoms with Crippen molar-refractivity contribution in [3.8, 4) is 5.75 Å². The molecule has 22 heavy (non-hydrogen) atoms. The predicted octanol–water partition coefficient (Wildman–Crippen LogP) is 3.63. The lowest BCUT2D eigenvalue weighted by Gasteiger charge is -2.22. The van der Waals surface area contributed by atoms with E-state index >= 15 is 0 Å². The van der Waals surface area contributed by atoms with Gasteiger partial charge in [0, 0.05) is 23.7 Å². The summed E-state index contributed by atoms with van der Waals surface area (Å²) < 4.78 is 18.9. The number of nitrogens with one attached hydrogen (secondary N) is 1. The van der Waals surface area contributed by atoms with Crippen LogP contribution in [0, 0.1) is 5.82 Å². The Balaban J connectivity index is 1.84. The number of ether oxygens (including phenoxy) is 1. The van der Waals surface area contributed by atoms with Gasteiger partial charge in [-0.05, 0) is 42.7 Å². The maximum Gasteiger partial charge on any atom is 0.123 e. The van der Waals surface area contributed by atoms with Crippen molar-refractivity contribution in [2.45, 2.75) is 31.5 Å². The van der Waals surface area contributed by atoms with Gasteiger partial charge < -0.3 is 15.8 Å². The Morgan fingerprint density at radius 1 is 1.23 bits per heavy atom. The molecule has 0 aliphatic heterocycles. The van der Waals surface area contributed by atoms with Gasteiger partial charge in [0.1, 0.15) is 11.6 Å². The first-order valence-electron chi connectivity index (χ1n) is 7.54. The molecule has 0 radical (unpaired) electrons. The van der Waals surface area contributed by atoms with Crippen LogP contribution in [0.1, 0.15) is 48.2 Å². The summed E-state index contributed by atoms with van der Waals surface area (Å²) in [6.07, 6.45) is 0.849. The number of methoxy groups -OCH3 is 1. The third-order valence-electron chi connectivity index (χ3n) is 4.37. The smallest absolute Gasteiger partial charge is 0.123 e. The molecule has 0 bridgehead atoms. The number of benzene rings is 2. The molecule has 0 saturated carbocycles. The first kappa shape index (κ1) is 15.0. The zero-order valence-electron chi connectivity index (χ0n) is 12.8. The van der Waals surface area contributed by atoms with E-state index in [2.05, 4.69) is 17.4 Å². The minimum atomic E-state index is -0.257. The Kier molecular flexibility index (Phi) is 4.14. The van der Waals surface area contributed by atoms with E-state index in [0.29, 0.717) is 5.75 Å². The lowest BCUT2D eigenvalue weighted by molar-refractivity contribution is 0.389. The lowest BCUT2D eigenvalue weighted by Crippen LogP contribution is -2.24. The van der Waals surface area contributed by atoms with E-state index in [0.717, 1.165) is 12.0 Å². The molecule has 1 aliphatic carbocycles. The van der Waals surface area contributed by atoms with Crippen molar-refractivity contribution in [1.29, 1.82) is 0 Å². The van der Waals surface area contributed by atoms with Gasteiger partial charge in [-0.3, -0.25) is 0 Å². The lowest BCUT2D eigenvalue weighted by atomic mass is 10.0. The second kappa shape index (κ2) is 6.07. The van der Waals surface area contributed by atoms with Crippen LogP contribution < -0.4 is 15.8 Å². The minimum absolute atomic E-state index is 0.0333. The normalized spacial score (nSPS) is 21.5. The van der Waals surface area contributed by atoms with Crippen LogP contribution in [0.2, 0.25) is 0 Å². The number of halogens is 1. The molecule has 1 aliphatic rings. The summed E-state index contributed by atoms with van der Waals surface area (Å²) in [4.78, 5) is 0. The van der Waals surface area contributed by atoms with Crippen molar-refractivity contribution in [1.82, 2.24) is 5.32 Å². The Morgan fingerprint density at radius 3 is 2.68 bits per heavy atom. The topological polar surface area (TPSA) is 47.3 Å². The predicted molar refractivity (Wildman–Crippen MR) is 85.2 cm³/mol. The second-order valence-electron chi connectivity index (χ2n) is 5.80. The molecule has 3 N–H and O–H groups in total. The first-order chi connectivity index (χ1) is 10.6. The average Bonchev–Trinajstić information content (AvgIpc) is 2.84. The number of nitrogens with two attached hydrogens (primary N) is 1.